The molecule has 0 aliphatic heterocycles. The highest BCUT2D eigenvalue weighted by Crippen LogP contribution is 2.15. The minimum absolute atomic E-state index is 0.129. The van der Waals surface area contributed by atoms with Crippen molar-refractivity contribution in [2.24, 2.45) is 12.0 Å². The van der Waals surface area contributed by atoms with Crippen LogP contribution in [-0.2, 0) is 21.7 Å². The van der Waals surface area contributed by atoms with E-state index in [0.717, 1.165) is 10.2 Å². The number of fused-ring (bicyclic) bond motifs is 1. The molecule has 0 N–H and O–H groups in total. The molecule has 5 nitrogen and oxygen atoms in total. The molecule has 0 radical (unpaired) electrons. The lowest BCUT2D eigenvalue weighted by atomic mass is 10.3. The van der Waals surface area contributed by atoms with E-state index in [1.54, 1.807) is 29.8 Å². The van der Waals surface area contributed by atoms with Crippen LogP contribution < -0.4 is 4.80 Å². The smallest absolute Gasteiger partial charge is 0.263 e. The van der Waals surface area contributed by atoms with Gasteiger partial charge in [0.2, 0.25) is 0 Å². The number of para-hydroxylation sites is 1. The molecule has 3 rings (SSSR count). The fourth-order valence-corrected chi connectivity index (χ4v) is 4.36. The van der Waals surface area contributed by atoms with Gasteiger partial charge in [-0.2, -0.15) is 4.99 Å². The molecule has 23 heavy (non-hydrogen) atoms. The number of amides is 1. The monoisotopic (exact) mass is 346 g/mol. The van der Waals surface area contributed by atoms with Crippen LogP contribution in [-0.4, -0.2) is 24.6 Å². The minimum Gasteiger partial charge on any atom is -0.319 e. The van der Waals surface area contributed by atoms with Crippen molar-refractivity contribution in [1.82, 2.24) is 4.57 Å². The minimum atomic E-state index is -3.67. The third kappa shape index (κ3) is 3.25. The standard InChI is InChI=1S/C16H14N2O3S2/c1-18-13-9-5-6-10-14(13)22-16(18)17-15(19)11-23(20,21)12-7-3-2-4-8-12/h2-10H,11H2,1H3. The van der Waals surface area contributed by atoms with Crippen LogP contribution in [0.5, 0.6) is 0 Å². The van der Waals surface area contributed by atoms with Crippen molar-refractivity contribution in [3.05, 3.63) is 59.4 Å². The number of aryl methyl sites for hydroxylation is 1. The Morgan fingerprint density at radius 3 is 2.43 bits per heavy atom. The Kier molecular flexibility index (Phi) is 4.14. The summed E-state index contributed by atoms with van der Waals surface area (Å²) in [6, 6.07) is 15.6. The number of carbonyl (C=O) groups excluding carboxylic acids is 1. The first-order valence-corrected chi connectivity index (χ1v) is 9.34. The van der Waals surface area contributed by atoms with E-state index < -0.39 is 21.5 Å². The molecular weight excluding hydrogens is 332 g/mol. The average molecular weight is 346 g/mol. The Bertz CT molecular complexity index is 1030. The van der Waals surface area contributed by atoms with Gasteiger partial charge in [-0.3, -0.25) is 4.79 Å². The number of aromatic nitrogens is 1. The molecule has 1 amide bonds. The van der Waals surface area contributed by atoms with Gasteiger partial charge in [0.05, 0.1) is 15.1 Å². The van der Waals surface area contributed by atoms with Crippen LogP contribution in [0, 0.1) is 0 Å². The molecule has 0 unspecified atom stereocenters. The van der Waals surface area contributed by atoms with E-state index in [1.807, 2.05) is 24.3 Å². The average Bonchev–Trinajstić information content (AvgIpc) is 2.84. The molecule has 1 aromatic heterocycles. The first-order chi connectivity index (χ1) is 11.0. The van der Waals surface area contributed by atoms with Crippen molar-refractivity contribution < 1.29 is 13.2 Å². The fourth-order valence-electron chi connectivity index (χ4n) is 2.20. The number of thiazole rings is 1. The van der Waals surface area contributed by atoms with Gasteiger partial charge in [-0.15, -0.1) is 0 Å². The Hall–Kier alpha value is -2.25. The molecule has 0 saturated heterocycles. The molecular formula is C16H14N2O3S2. The van der Waals surface area contributed by atoms with Crippen LogP contribution >= 0.6 is 11.3 Å². The molecule has 0 fully saturated rings. The first-order valence-electron chi connectivity index (χ1n) is 6.87. The van der Waals surface area contributed by atoms with Gasteiger partial charge in [-0.25, -0.2) is 8.42 Å². The highest BCUT2D eigenvalue weighted by Gasteiger charge is 2.18. The zero-order chi connectivity index (χ0) is 16.4. The van der Waals surface area contributed by atoms with Crippen molar-refractivity contribution in [1.29, 1.82) is 0 Å². The SMILES string of the molecule is Cn1c(=NC(=O)CS(=O)(=O)c2ccccc2)sc2ccccc21. The van der Waals surface area contributed by atoms with Crippen LogP contribution in [0.4, 0.5) is 0 Å². The van der Waals surface area contributed by atoms with E-state index in [2.05, 4.69) is 4.99 Å². The lowest BCUT2D eigenvalue weighted by Gasteiger charge is -2.00. The largest absolute Gasteiger partial charge is 0.319 e. The number of sulfone groups is 1. The van der Waals surface area contributed by atoms with Gasteiger partial charge in [0.15, 0.2) is 14.6 Å². The summed E-state index contributed by atoms with van der Waals surface area (Å²) in [5, 5.41) is 0. The van der Waals surface area contributed by atoms with Crippen LogP contribution in [0.2, 0.25) is 0 Å². The van der Waals surface area contributed by atoms with E-state index in [1.165, 1.54) is 23.5 Å². The number of nitrogens with zero attached hydrogens (tertiary/aromatic N) is 2. The van der Waals surface area contributed by atoms with E-state index in [-0.39, 0.29) is 4.90 Å². The quantitative estimate of drug-likeness (QED) is 0.730. The van der Waals surface area contributed by atoms with Gasteiger partial charge in [0, 0.05) is 7.05 Å². The highest BCUT2D eigenvalue weighted by atomic mass is 32.2. The molecule has 0 bridgehead atoms. The number of carbonyl (C=O) groups is 1. The zero-order valence-electron chi connectivity index (χ0n) is 12.3. The Morgan fingerprint density at radius 2 is 1.74 bits per heavy atom. The fraction of sp³-hybridized carbons (Fsp3) is 0.125. The van der Waals surface area contributed by atoms with Crippen molar-refractivity contribution in [3.63, 3.8) is 0 Å². The second-order valence-corrected chi connectivity index (χ2v) is 7.99. The predicted octanol–water partition coefficient (Wildman–Crippen LogP) is 2.14. The molecule has 0 aliphatic carbocycles. The topological polar surface area (TPSA) is 68.5 Å². The Labute approximate surface area is 137 Å². The number of benzene rings is 2. The molecule has 0 atom stereocenters. The number of hydrogen-bond donors (Lipinski definition) is 0. The first kappa shape index (κ1) is 15.6. The lowest BCUT2D eigenvalue weighted by Crippen LogP contribution is -2.19. The van der Waals surface area contributed by atoms with Crippen LogP contribution in [0.15, 0.2) is 64.5 Å². The summed E-state index contributed by atoms with van der Waals surface area (Å²) >= 11 is 1.35. The van der Waals surface area contributed by atoms with Crippen molar-refractivity contribution in [2.75, 3.05) is 5.75 Å². The second-order valence-electron chi connectivity index (χ2n) is 4.99. The molecule has 2 aromatic carbocycles. The number of rotatable bonds is 3. The van der Waals surface area contributed by atoms with Gasteiger partial charge in [-0.05, 0) is 24.3 Å². The summed E-state index contributed by atoms with van der Waals surface area (Å²) in [5.41, 5.74) is 0.954. The van der Waals surface area contributed by atoms with E-state index >= 15 is 0 Å². The van der Waals surface area contributed by atoms with Crippen molar-refractivity contribution in [2.45, 2.75) is 4.90 Å². The molecule has 0 spiro atoms. The summed E-state index contributed by atoms with van der Waals surface area (Å²) in [7, 11) is -1.87. The summed E-state index contributed by atoms with van der Waals surface area (Å²) in [6.45, 7) is 0. The molecule has 118 valence electrons. The highest BCUT2D eigenvalue weighted by molar-refractivity contribution is 7.92. The lowest BCUT2D eigenvalue weighted by molar-refractivity contribution is -0.115. The molecule has 3 aromatic rings. The Morgan fingerprint density at radius 1 is 1.09 bits per heavy atom. The van der Waals surface area contributed by atoms with Gasteiger partial charge in [0.1, 0.15) is 5.75 Å². The van der Waals surface area contributed by atoms with Gasteiger partial charge in [0.25, 0.3) is 5.91 Å². The summed E-state index contributed by atoms with van der Waals surface area (Å²) < 4.78 is 27.2. The Balaban J connectivity index is 1.93. The summed E-state index contributed by atoms with van der Waals surface area (Å²) in [5.74, 6) is -1.30. The van der Waals surface area contributed by atoms with Crippen molar-refractivity contribution >= 4 is 37.3 Å². The molecule has 0 aliphatic rings. The molecule has 0 saturated carbocycles. The normalized spacial score (nSPS) is 12.7. The van der Waals surface area contributed by atoms with Crippen molar-refractivity contribution in [3.8, 4) is 0 Å². The predicted molar refractivity (Wildman–Crippen MR) is 89.9 cm³/mol. The van der Waals surface area contributed by atoms with Gasteiger partial charge < -0.3 is 4.57 Å². The maximum Gasteiger partial charge on any atom is 0.263 e. The maximum absolute atomic E-state index is 12.2. The zero-order valence-corrected chi connectivity index (χ0v) is 14.0. The second kappa shape index (κ2) is 6.10. The molecule has 7 heteroatoms. The third-order valence-electron chi connectivity index (χ3n) is 3.35. The summed E-state index contributed by atoms with van der Waals surface area (Å²) in [4.78, 5) is 16.7. The molecule has 1 heterocycles. The summed E-state index contributed by atoms with van der Waals surface area (Å²) in [6.07, 6.45) is 0. The van der Waals surface area contributed by atoms with E-state index in [4.69, 9.17) is 0 Å². The van der Waals surface area contributed by atoms with Gasteiger partial charge >= 0.3 is 0 Å². The van der Waals surface area contributed by atoms with E-state index in [9.17, 15) is 13.2 Å². The van der Waals surface area contributed by atoms with E-state index in [0.29, 0.717) is 4.80 Å². The maximum atomic E-state index is 12.2. The third-order valence-corrected chi connectivity index (χ3v) is 6.08. The number of hydrogen-bond acceptors (Lipinski definition) is 4. The van der Waals surface area contributed by atoms with Crippen LogP contribution in [0.25, 0.3) is 10.2 Å². The van der Waals surface area contributed by atoms with Crippen LogP contribution in [0.1, 0.15) is 0 Å². The van der Waals surface area contributed by atoms with Gasteiger partial charge in [-0.1, -0.05) is 41.7 Å². The van der Waals surface area contributed by atoms with Crippen LogP contribution in [0.3, 0.4) is 0 Å².